The van der Waals surface area contributed by atoms with Gasteiger partial charge in [0, 0.05) is 11.3 Å². The second-order valence-corrected chi connectivity index (χ2v) is 11.1. The van der Waals surface area contributed by atoms with Gasteiger partial charge in [0.2, 0.25) is 0 Å². The van der Waals surface area contributed by atoms with E-state index in [-0.39, 0.29) is 36.2 Å². The minimum absolute atomic E-state index is 0. The van der Waals surface area contributed by atoms with Crippen LogP contribution in [-0.4, -0.2) is 18.0 Å². The number of benzene rings is 1. The van der Waals surface area contributed by atoms with Crippen LogP contribution in [0.3, 0.4) is 0 Å². The van der Waals surface area contributed by atoms with Gasteiger partial charge in [-0.1, -0.05) is 13.3 Å². The van der Waals surface area contributed by atoms with E-state index in [1.54, 1.807) is 0 Å². The van der Waals surface area contributed by atoms with E-state index in [0.29, 0.717) is 23.5 Å². The first-order valence-corrected chi connectivity index (χ1v) is 13.0. The minimum atomic E-state index is -0.197. The van der Waals surface area contributed by atoms with E-state index < -0.39 is 0 Å². The highest BCUT2D eigenvalue weighted by atomic mass is 35.5. The lowest BCUT2D eigenvalue weighted by atomic mass is 9.74. The average molecular weight is 488 g/mol. The van der Waals surface area contributed by atoms with Crippen molar-refractivity contribution < 1.29 is 36.8 Å². The highest BCUT2D eigenvalue weighted by Crippen LogP contribution is 2.46. The molecule has 3 aliphatic carbocycles. The van der Waals surface area contributed by atoms with Crippen LogP contribution in [-0.2, 0) is 29.0 Å². The van der Waals surface area contributed by atoms with Gasteiger partial charge in [0.05, 0.1) is 28.7 Å². The molecule has 4 aliphatic rings. The van der Waals surface area contributed by atoms with Crippen LogP contribution in [0, 0.1) is 11.8 Å². The largest absolute Gasteiger partial charge is 1.00 e. The Hall–Kier alpha value is -1.89. The Balaban J connectivity index is 0.00000228. The summed E-state index contributed by atoms with van der Waals surface area (Å²) in [6.07, 6.45) is 7.90. The summed E-state index contributed by atoms with van der Waals surface area (Å²) in [6, 6.07) is 6.92. The van der Waals surface area contributed by atoms with Crippen molar-refractivity contribution in [3.05, 3.63) is 44.6 Å². The number of thiophene rings is 1. The molecule has 5 nitrogen and oxygen atoms in total. The van der Waals surface area contributed by atoms with Gasteiger partial charge in [-0.25, -0.2) is 0 Å². The molecule has 0 amide bonds. The van der Waals surface area contributed by atoms with Gasteiger partial charge in [0.15, 0.2) is 11.5 Å². The first kappa shape index (κ1) is 22.9. The first-order chi connectivity index (χ1) is 15.6. The molecule has 1 aromatic carbocycles. The van der Waals surface area contributed by atoms with Gasteiger partial charge in [-0.3, -0.25) is 9.59 Å². The molecular formula is C26H30ClNO4S. The molecule has 1 aromatic heterocycles. The van der Waals surface area contributed by atoms with Crippen LogP contribution in [0.1, 0.15) is 77.8 Å². The maximum absolute atomic E-state index is 12.5. The number of fused-ring (bicyclic) bond motifs is 5. The maximum atomic E-state index is 12.5. The molecule has 0 radical (unpaired) electrons. The summed E-state index contributed by atoms with van der Waals surface area (Å²) in [5.74, 6) is 0.748. The molecule has 0 bridgehead atoms. The van der Waals surface area contributed by atoms with Gasteiger partial charge in [0.1, 0.15) is 6.54 Å². The third-order valence-electron chi connectivity index (χ3n) is 7.29. The van der Waals surface area contributed by atoms with Gasteiger partial charge in [0.25, 0.3) is 0 Å². The van der Waals surface area contributed by atoms with Crippen LogP contribution in [0.4, 0.5) is 0 Å². The predicted molar refractivity (Wildman–Crippen MR) is 121 cm³/mol. The summed E-state index contributed by atoms with van der Waals surface area (Å²) in [7, 11) is 0. The lowest BCUT2D eigenvalue weighted by Gasteiger charge is -2.35. The molecule has 2 atom stereocenters. The summed E-state index contributed by atoms with van der Waals surface area (Å²) in [5, 5.41) is 2.49. The minimum Gasteiger partial charge on any atom is -1.00 e. The van der Waals surface area contributed by atoms with Crippen molar-refractivity contribution in [2.75, 3.05) is 0 Å². The molecule has 33 heavy (non-hydrogen) atoms. The second kappa shape index (κ2) is 9.05. The van der Waals surface area contributed by atoms with Crippen molar-refractivity contribution in [3.8, 4) is 11.5 Å². The van der Waals surface area contributed by atoms with Crippen molar-refractivity contribution in [2.45, 2.75) is 76.8 Å². The number of esters is 2. The number of hydrogen-bond donors (Lipinski definition) is 1. The normalized spacial score (nSPS) is 22.9. The number of quaternary nitrogens is 1. The summed E-state index contributed by atoms with van der Waals surface area (Å²) in [4.78, 5) is 27.9. The fourth-order valence-electron chi connectivity index (χ4n) is 5.23. The number of aryl methyl sites for hydroxylation is 2. The van der Waals surface area contributed by atoms with Gasteiger partial charge in [-0.15, -0.1) is 11.3 Å². The third-order valence-corrected chi connectivity index (χ3v) is 8.52. The van der Waals surface area contributed by atoms with Crippen LogP contribution in [0.25, 0.3) is 0 Å². The number of carbonyl (C=O) groups excluding carboxylic acids is 2. The molecular weight excluding hydrogens is 458 g/mol. The molecule has 0 unspecified atom stereocenters. The second-order valence-electron chi connectivity index (χ2n) is 9.85. The smallest absolute Gasteiger partial charge is 0.314 e. The van der Waals surface area contributed by atoms with Crippen molar-refractivity contribution in [3.63, 3.8) is 0 Å². The Morgan fingerprint density at radius 3 is 2.27 bits per heavy atom. The van der Waals surface area contributed by atoms with Crippen LogP contribution in [0.5, 0.6) is 11.5 Å². The lowest BCUT2D eigenvalue weighted by molar-refractivity contribution is -0.710. The average Bonchev–Trinajstić information content (AvgIpc) is 3.69. The molecule has 1 aliphatic heterocycles. The number of ether oxygens (including phenoxy) is 2. The maximum Gasteiger partial charge on any atom is 0.314 e. The zero-order valence-corrected chi connectivity index (χ0v) is 20.5. The predicted octanol–water partition coefficient (Wildman–Crippen LogP) is 0.859. The first-order valence-electron chi connectivity index (χ1n) is 12.2. The molecule has 7 heteroatoms. The van der Waals surface area contributed by atoms with Gasteiger partial charge < -0.3 is 27.2 Å². The Labute approximate surface area is 204 Å². The molecule has 176 valence electrons. The van der Waals surface area contributed by atoms with Gasteiger partial charge in [-0.05, 0) is 73.4 Å². The summed E-state index contributed by atoms with van der Waals surface area (Å²) >= 11 is 1.95. The number of carbonyl (C=O) groups is 2. The Kier molecular flexibility index (Phi) is 6.27. The molecule has 2 heterocycles. The Bertz CT molecular complexity index is 1090. The fraction of sp³-hybridized carbons (Fsp3) is 0.538. The summed E-state index contributed by atoms with van der Waals surface area (Å²) in [5.41, 5.74) is 3.92. The van der Waals surface area contributed by atoms with Crippen LogP contribution in [0.2, 0.25) is 0 Å². The Morgan fingerprint density at radius 1 is 0.970 bits per heavy atom. The third kappa shape index (κ3) is 4.45. The molecule has 2 saturated carbocycles. The highest BCUT2D eigenvalue weighted by molar-refractivity contribution is 7.12. The van der Waals surface area contributed by atoms with E-state index in [2.05, 4.69) is 18.3 Å². The molecule has 6 rings (SSSR count). The van der Waals surface area contributed by atoms with Crippen molar-refractivity contribution in [1.82, 2.24) is 0 Å². The lowest BCUT2D eigenvalue weighted by Crippen LogP contribution is -3.00. The van der Waals surface area contributed by atoms with Crippen molar-refractivity contribution >= 4 is 23.3 Å². The highest BCUT2D eigenvalue weighted by Gasteiger charge is 2.41. The van der Waals surface area contributed by atoms with E-state index in [1.807, 2.05) is 23.5 Å². The van der Waals surface area contributed by atoms with E-state index in [0.717, 1.165) is 57.9 Å². The Morgan fingerprint density at radius 2 is 1.64 bits per heavy atom. The molecule has 2 N–H and O–H groups in total. The van der Waals surface area contributed by atoms with E-state index >= 15 is 0 Å². The summed E-state index contributed by atoms with van der Waals surface area (Å²) < 4.78 is 11.6. The quantitative estimate of drug-likeness (QED) is 0.484. The monoisotopic (exact) mass is 487 g/mol. The molecule has 2 fully saturated rings. The van der Waals surface area contributed by atoms with Gasteiger partial charge in [-0.2, -0.15) is 0 Å². The molecule has 0 saturated heterocycles. The van der Waals surface area contributed by atoms with Crippen molar-refractivity contribution in [1.29, 1.82) is 0 Å². The van der Waals surface area contributed by atoms with E-state index in [9.17, 15) is 9.59 Å². The van der Waals surface area contributed by atoms with Crippen molar-refractivity contribution in [2.24, 2.45) is 11.8 Å². The van der Waals surface area contributed by atoms with Crippen LogP contribution >= 0.6 is 11.3 Å². The van der Waals surface area contributed by atoms with Crippen LogP contribution < -0.4 is 27.2 Å². The zero-order chi connectivity index (χ0) is 21.8. The standard InChI is InChI=1S/C26H29NO4S.ClH/c1-2-3-17-11-19-23(32-17)13-27-20-9-8-16-10-21(30-25(28)14-4-5-14)22(12-18(16)24(19)20)31-26(29)15-6-7-15;/h10-12,14-15,20,24,27H,2-9,13H2,1H3;1H/t20-,24+;/m1./s1. The topological polar surface area (TPSA) is 69.2 Å². The number of rotatable bonds is 6. The SMILES string of the molecule is CCCc1cc2c(s1)C[NH2+][C@@H]1CCc3cc(OC(=O)C4CC4)c(OC(=O)C4CC4)cc3[C@@H]21.[Cl-]. The fourth-order valence-corrected chi connectivity index (χ4v) is 6.52. The summed E-state index contributed by atoms with van der Waals surface area (Å²) in [6.45, 7) is 3.29. The number of hydrogen-bond acceptors (Lipinski definition) is 5. The van der Waals surface area contributed by atoms with E-state index in [1.165, 1.54) is 26.4 Å². The molecule has 2 aromatic rings. The van der Waals surface area contributed by atoms with Gasteiger partial charge >= 0.3 is 11.9 Å². The molecule has 0 spiro atoms. The van der Waals surface area contributed by atoms with E-state index in [4.69, 9.17) is 9.47 Å². The zero-order valence-electron chi connectivity index (χ0n) is 18.9. The van der Waals surface area contributed by atoms with Crippen LogP contribution in [0.15, 0.2) is 18.2 Å². The number of halogens is 1. The number of nitrogens with two attached hydrogens (primary N) is 1.